The maximum absolute atomic E-state index is 12.3. The fourth-order valence-electron chi connectivity index (χ4n) is 3.91. The number of aliphatic hydroxyl groups excluding tert-OH is 3. The highest BCUT2D eigenvalue weighted by molar-refractivity contribution is 7.61. The lowest BCUT2D eigenvalue weighted by atomic mass is 9.93. The van der Waals surface area contributed by atoms with E-state index in [2.05, 4.69) is 50.2 Å². The first kappa shape index (κ1) is 37.1. The van der Waals surface area contributed by atoms with Crippen molar-refractivity contribution in [3.63, 3.8) is 0 Å². The minimum atomic E-state index is -5.19. The van der Waals surface area contributed by atoms with Gasteiger partial charge in [0.25, 0.3) is 0 Å². The van der Waals surface area contributed by atoms with Crippen molar-refractivity contribution in [2.24, 2.45) is 5.92 Å². The van der Waals surface area contributed by atoms with Crippen LogP contribution in [0.2, 0.25) is 0 Å². The van der Waals surface area contributed by atoms with Crippen molar-refractivity contribution >= 4 is 15.6 Å². The predicted molar refractivity (Wildman–Crippen MR) is 153 cm³/mol. The van der Waals surface area contributed by atoms with Gasteiger partial charge < -0.3 is 29.8 Å². The van der Waals surface area contributed by atoms with E-state index in [-0.39, 0.29) is 6.61 Å². The van der Waals surface area contributed by atoms with Gasteiger partial charge in [-0.2, -0.15) is 4.31 Å². The van der Waals surface area contributed by atoms with Crippen molar-refractivity contribution in [3.8, 4) is 0 Å². The van der Waals surface area contributed by atoms with Crippen LogP contribution in [-0.4, -0.2) is 62.9 Å². The molecule has 7 atom stereocenters. The van der Waals surface area contributed by atoms with E-state index >= 15 is 0 Å². The molecule has 0 aromatic rings. The lowest BCUT2D eigenvalue weighted by molar-refractivity contribution is -0.259. The molecule has 0 spiro atoms. The van der Waals surface area contributed by atoms with Gasteiger partial charge in [0, 0.05) is 5.92 Å². The van der Waals surface area contributed by atoms with Gasteiger partial charge in [0.1, 0.15) is 12.2 Å². The topological polar surface area (TPSA) is 172 Å². The van der Waals surface area contributed by atoms with Crippen molar-refractivity contribution in [2.45, 2.75) is 105 Å². The monoisotopic (exact) mass is 610 g/mol. The lowest BCUT2D eigenvalue weighted by Gasteiger charge is -2.40. The second-order valence-electron chi connectivity index (χ2n) is 10.5. The number of aliphatic hydroxyl groups is 3. The Morgan fingerprint density at radius 1 is 0.800 bits per heavy atom. The van der Waals surface area contributed by atoms with Gasteiger partial charge >= 0.3 is 15.6 Å². The Kier molecular flexibility index (Phi) is 16.6. The van der Waals surface area contributed by atoms with E-state index in [1.807, 2.05) is 6.92 Å². The first-order valence-corrected chi connectivity index (χ1v) is 16.5. The van der Waals surface area contributed by atoms with Crippen LogP contribution >= 0.6 is 15.6 Å². The molecule has 1 rings (SSSR count). The van der Waals surface area contributed by atoms with Crippen LogP contribution < -0.4 is 0 Å². The number of rotatable bonds is 17. The highest BCUT2D eigenvalue weighted by atomic mass is 31.3. The summed E-state index contributed by atoms with van der Waals surface area (Å²) < 4.78 is 43.6. The molecule has 0 aliphatic carbocycles. The van der Waals surface area contributed by atoms with Crippen LogP contribution in [-0.2, 0) is 27.2 Å². The molecule has 0 radical (unpaired) electrons. The smallest absolute Gasteiger partial charge is 0.394 e. The van der Waals surface area contributed by atoms with Crippen molar-refractivity contribution in [2.75, 3.05) is 13.2 Å². The van der Waals surface area contributed by atoms with Gasteiger partial charge in [0.15, 0.2) is 6.29 Å². The highest BCUT2D eigenvalue weighted by Gasteiger charge is 2.47. The summed E-state index contributed by atoms with van der Waals surface area (Å²) in [5.74, 6) is -1.01. The Labute approximate surface area is 238 Å². The average molecular weight is 611 g/mol. The third-order valence-electron chi connectivity index (χ3n) is 6.45. The Hall–Kier alpha value is -0.940. The zero-order chi connectivity index (χ0) is 30.5. The van der Waals surface area contributed by atoms with E-state index in [9.17, 15) is 34.2 Å². The van der Waals surface area contributed by atoms with E-state index in [1.165, 1.54) is 23.6 Å². The van der Waals surface area contributed by atoms with Gasteiger partial charge in [0.05, 0.1) is 19.3 Å². The van der Waals surface area contributed by atoms with E-state index < -0.39 is 52.8 Å². The van der Waals surface area contributed by atoms with Crippen molar-refractivity contribution in [3.05, 3.63) is 46.6 Å². The maximum Gasteiger partial charge on any atom is 0.483 e. The number of hydrogen-bond donors (Lipinski definition) is 5. The fraction of sp³-hybridized carbons (Fsp3) is 0.704. The SMILES string of the molecule is CC(C)=CCC/C(C)=C\CC/C(C)=C\CC/C(C)=C\COP(=O)(O)OP(=O)(O)O[C@H]1OC(CO)[C@@H](O)[C@H](O)C1C. The summed E-state index contributed by atoms with van der Waals surface area (Å²) in [6, 6.07) is 0. The van der Waals surface area contributed by atoms with Gasteiger partial charge in [-0.25, -0.2) is 9.13 Å². The van der Waals surface area contributed by atoms with Crippen LogP contribution in [0.4, 0.5) is 0 Å². The molecule has 5 N–H and O–H groups in total. The molecule has 0 bridgehead atoms. The predicted octanol–water partition coefficient (Wildman–Crippen LogP) is 5.46. The molecule has 0 aromatic carbocycles. The van der Waals surface area contributed by atoms with Crippen LogP contribution in [0.15, 0.2) is 46.6 Å². The quantitative estimate of drug-likeness (QED) is 0.105. The molecule has 0 aromatic heterocycles. The molecule has 1 saturated heterocycles. The minimum absolute atomic E-state index is 0.340. The lowest BCUT2D eigenvalue weighted by Crippen LogP contribution is -2.55. The molecular weight excluding hydrogens is 562 g/mol. The number of allylic oxidation sites excluding steroid dienone is 7. The van der Waals surface area contributed by atoms with Crippen molar-refractivity contribution < 1.29 is 52.3 Å². The minimum Gasteiger partial charge on any atom is -0.394 e. The van der Waals surface area contributed by atoms with E-state index in [0.717, 1.165) is 37.7 Å². The van der Waals surface area contributed by atoms with Gasteiger partial charge in [-0.3, -0.25) is 9.05 Å². The van der Waals surface area contributed by atoms with Gasteiger partial charge in [-0.1, -0.05) is 53.5 Å². The molecule has 0 saturated carbocycles. The first-order chi connectivity index (χ1) is 18.6. The highest BCUT2D eigenvalue weighted by Crippen LogP contribution is 2.61. The molecule has 1 aliphatic heterocycles. The summed E-state index contributed by atoms with van der Waals surface area (Å²) in [6.07, 6.45) is 8.09. The average Bonchev–Trinajstić information content (AvgIpc) is 2.83. The van der Waals surface area contributed by atoms with E-state index in [4.69, 9.17) is 13.8 Å². The van der Waals surface area contributed by atoms with Crippen LogP contribution in [0.5, 0.6) is 0 Å². The Morgan fingerprint density at radius 2 is 1.30 bits per heavy atom. The standard InChI is InChI=1S/C27H48O11P2/c1-19(2)10-7-11-20(3)12-8-13-21(4)14-9-15-22(5)16-17-35-39(31,32)38-40(33,34)37-27-23(6)25(29)26(30)24(18-28)36-27/h10,12,14,16,23-30H,7-9,11,13,15,17-18H2,1-6H3,(H,31,32)(H,33,34)/b20-12-,21-14-,22-16-/t23?,24?,25-,26-,27-/m1/s1. The zero-order valence-electron chi connectivity index (χ0n) is 24.4. The Balaban J connectivity index is 2.47. The summed E-state index contributed by atoms with van der Waals surface area (Å²) in [6.45, 7) is 10.6. The molecule has 1 fully saturated rings. The third kappa shape index (κ3) is 14.8. The Bertz CT molecular complexity index is 998. The first-order valence-electron chi connectivity index (χ1n) is 13.5. The normalized spacial score (nSPS) is 27.7. The van der Waals surface area contributed by atoms with Crippen LogP contribution in [0.1, 0.15) is 80.1 Å². The summed E-state index contributed by atoms with van der Waals surface area (Å²) in [4.78, 5) is 19.8. The summed E-state index contributed by atoms with van der Waals surface area (Å²) in [5.41, 5.74) is 4.91. The molecule has 4 unspecified atom stereocenters. The van der Waals surface area contributed by atoms with Gasteiger partial charge in [-0.05, 0) is 73.1 Å². The second kappa shape index (κ2) is 17.9. The van der Waals surface area contributed by atoms with Gasteiger partial charge in [0.2, 0.25) is 0 Å². The Morgan fingerprint density at radius 3 is 1.80 bits per heavy atom. The molecule has 11 nitrogen and oxygen atoms in total. The zero-order valence-corrected chi connectivity index (χ0v) is 26.2. The number of phosphoric acid groups is 2. The molecule has 1 heterocycles. The third-order valence-corrected chi connectivity index (χ3v) is 9.06. The van der Waals surface area contributed by atoms with Gasteiger partial charge in [-0.15, -0.1) is 0 Å². The van der Waals surface area contributed by atoms with E-state index in [0.29, 0.717) is 6.42 Å². The largest absolute Gasteiger partial charge is 0.483 e. The second-order valence-corrected chi connectivity index (χ2v) is 13.5. The van der Waals surface area contributed by atoms with Crippen molar-refractivity contribution in [1.82, 2.24) is 0 Å². The molecule has 40 heavy (non-hydrogen) atoms. The summed E-state index contributed by atoms with van der Waals surface area (Å²) in [5, 5.41) is 29.1. The molecule has 0 amide bonds. The van der Waals surface area contributed by atoms with Crippen LogP contribution in [0.25, 0.3) is 0 Å². The molecule has 1 aliphatic rings. The molecule has 13 heteroatoms. The van der Waals surface area contributed by atoms with Crippen molar-refractivity contribution in [1.29, 1.82) is 0 Å². The summed E-state index contributed by atoms with van der Waals surface area (Å²) >= 11 is 0. The van der Waals surface area contributed by atoms with Crippen LogP contribution in [0, 0.1) is 5.92 Å². The summed E-state index contributed by atoms with van der Waals surface area (Å²) in [7, 11) is -10.2. The number of ether oxygens (including phenoxy) is 1. The van der Waals surface area contributed by atoms with Crippen LogP contribution in [0.3, 0.4) is 0 Å². The number of hydrogen-bond acceptors (Lipinski definition) is 9. The molecular formula is C27H48O11P2. The fourth-order valence-corrected chi connectivity index (χ4v) is 6.06. The maximum atomic E-state index is 12.3. The molecule has 232 valence electrons. The number of phosphoric ester groups is 2. The van der Waals surface area contributed by atoms with E-state index in [1.54, 1.807) is 6.08 Å².